The van der Waals surface area contributed by atoms with E-state index >= 15 is 0 Å². The molecule has 14 heteroatoms. The maximum Gasteiger partial charge on any atom is 0.421 e. The molecule has 0 bridgehead atoms. The molecule has 4 rings (SSSR count). The average Bonchev–Trinajstić information content (AvgIpc) is 3.26. The minimum atomic E-state index is -4.78. The summed E-state index contributed by atoms with van der Waals surface area (Å²) in [7, 11) is 0. The van der Waals surface area contributed by atoms with Crippen molar-refractivity contribution in [1.82, 2.24) is 25.1 Å². The predicted molar refractivity (Wildman–Crippen MR) is 115 cm³/mol. The van der Waals surface area contributed by atoms with Gasteiger partial charge in [0.1, 0.15) is 11.4 Å². The lowest BCUT2D eigenvalue weighted by molar-refractivity contribution is -0.138. The number of aromatic amines is 1. The molecule has 9 nitrogen and oxygen atoms in total. The van der Waals surface area contributed by atoms with Crippen LogP contribution in [0.3, 0.4) is 0 Å². The second-order valence-corrected chi connectivity index (χ2v) is 8.80. The number of aromatic nitrogens is 4. The zero-order valence-corrected chi connectivity index (χ0v) is 18.9. The lowest BCUT2D eigenvalue weighted by atomic mass is 10.0. The third-order valence-corrected chi connectivity index (χ3v) is 6.23. The number of nitrogens with one attached hydrogen (secondary N) is 1. The van der Waals surface area contributed by atoms with Crippen molar-refractivity contribution in [2.45, 2.75) is 31.9 Å². The Morgan fingerprint density at radius 3 is 2.31 bits per heavy atom. The highest BCUT2D eigenvalue weighted by Gasteiger charge is 2.36. The first-order valence-electron chi connectivity index (χ1n) is 11.1. The van der Waals surface area contributed by atoms with E-state index in [0.717, 1.165) is 25.4 Å². The molecule has 1 N–H and O–H groups in total. The van der Waals surface area contributed by atoms with Crippen LogP contribution in [-0.4, -0.2) is 70.2 Å². The highest BCUT2D eigenvalue weighted by Crippen LogP contribution is 2.30. The molecule has 2 aliphatic heterocycles. The van der Waals surface area contributed by atoms with Crippen molar-refractivity contribution < 1.29 is 26.7 Å². The maximum atomic E-state index is 13.3. The lowest BCUT2D eigenvalue weighted by Gasteiger charge is -2.35. The van der Waals surface area contributed by atoms with Crippen molar-refractivity contribution in [2.24, 2.45) is 5.92 Å². The number of halogens is 5. The van der Waals surface area contributed by atoms with Crippen LogP contribution in [0.4, 0.5) is 33.7 Å². The molecule has 0 aromatic carbocycles. The summed E-state index contributed by atoms with van der Waals surface area (Å²) in [6, 6.07) is 0.735. The van der Waals surface area contributed by atoms with Crippen molar-refractivity contribution in [2.75, 3.05) is 49.1 Å². The Balaban J connectivity index is 1.29. The molecule has 1 amide bonds. The Morgan fingerprint density at radius 1 is 1.06 bits per heavy atom. The Bertz CT molecular complexity index is 1110. The summed E-state index contributed by atoms with van der Waals surface area (Å²) in [6.45, 7) is 3.28. The van der Waals surface area contributed by atoms with Crippen LogP contribution in [0.2, 0.25) is 0 Å². The number of carbonyl (C=O) groups is 1. The van der Waals surface area contributed by atoms with Gasteiger partial charge in [-0.05, 0) is 12.3 Å². The third kappa shape index (κ3) is 5.68. The number of rotatable bonds is 5. The number of alkyl halides is 5. The number of carbonyl (C=O) groups excluding carboxylic acids is 1. The first-order chi connectivity index (χ1) is 16.4. The zero-order valence-electron chi connectivity index (χ0n) is 18.9. The van der Waals surface area contributed by atoms with E-state index in [1.165, 1.54) is 0 Å². The number of hydrogen-bond donors (Lipinski definition) is 1. The molecule has 0 radical (unpaired) electrons. The summed E-state index contributed by atoms with van der Waals surface area (Å²) in [5, 5.41) is 5.62. The molecule has 0 saturated carbocycles. The summed E-state index contributed by atoms with van der Waals surface area (Å²) >= 11 is 0. The minimum Gasteiger partial charge on any atom is -0.355 e. The van der Waals surface area contributed by atoms with Gasteiger partial charge in [-0.25, -0.2) is 23.8 Å². The largest absolute Gasteiger partial charge is 0.421 e. The molecular weight excluding hydrogens is 477 g/mol. The second-order valence-electron chi connectivity index (χ2n) is 8.80. The predicted octanol–water partition coefficient (Wildman–Crippen LogP) is 2.26. The van der Waals surface area contributed by atoms with Crippen molar-refractivity contribution in [3.63, 3.8) is 0 Å². The fraction of sp³-hybridized carbons (Fsp3) is 0.571. The van der Waals surface area contributed by atoms with Gasteiger partial charge in [0.05, 0.1) is 5.56 Å². The van der Waals surface area contributed by atoms with Gasteiger partial charge in [0.25, 0.3) is 11.5 Å². The summed E-state index contributed by atoms with van der Waals surface area (Å²) in [6.07, 6.45) is -1.74. The van der Waals surface area contributed by atoms with Gasteiger partial charge >= 0.3 is 6.18 Å². The molecule has 190 valence electrons. The molecule has 2 fully saturated rings. The first-order valence-corrected chi connectivity index (χ1v) is 11.1. The summed E-state index contributed by atoms with van der Waals surface area (Å²) in [5.41, 5.74) is -2.87. The number of H-pyrrole nitrogens is 1. The Morgan fingerprint density at radius 2 is 1.71 bits per heavy atom. The van der Waals surface area contributed by atoms with E-state index in [1.807, 2.05) is 10.00 Å². The van der Waals surface area contributed by atoms with Crippen molar-refractivity contribution in [3.8, 4) is 0 Å². The number of anilines is 2. The molecule has 2 saturated heterocycles. The normalized spacial score (nSPS) is 19.4. The summed E-state index contributed by atoms with van der Waals surface area (Å²) in [4.78, 5) is 37.4. The van der Waals surface area contributed by atoms with Crippen LogP contribution < -0.4 is 15.4 Å². The van der Waals surface area contributed by atoms with E-state index in [9.17, 15) is 31.5 Å². The summed E-state index contributed by atoms with van der Waals surface area (Å²) < 4.78 is 65.7. The quantitative estimate of drug-likeness (QED) is 0.628. The number of hydrogen-bond acceptors (Lipinski definition) is 7. The number of nitrogens with zero attached hydrogens (tertiary/aromatic N) is 6. The first kappa shape index (κ1) is 24.8. The lowest BCUT2D eigenvalue weighted by Crippen LogP contribution is -2.49. The van der Waals surface area contributed by atoms with Gasteiger partial charge < -0.3 is 14.7 Å². The van der Waals surface area contributed by atoms with Crippen LogP contribution in [-0.2, 0) is 16.9 Å². The van der Waals surface area contributed by atoms with Crippen LogP contribution in [0.5, 0.6) is 0 Å². The van der Waals surface area contributed by atoms with E-state index in [1.54, 1.807) is 9.80 Å². The SMILES string of the molecule is CC(F)(F)c1cnc(N2CCN(C(=O)C[C@@H]3CCN(c4cc(C(F)(F)F)c(=O)[nH]n4)C3)CC2)nc1. The van der Waals surface area contributed by atoms with Crippen molar-refractivity contribution in [3.05, 3.63) is 39.9 Å². The molecule has 2 aromatic heterocycles. The van der Waals surface area contributed by atoms with Gasteiger partial charge in [0.15, 0.2) is 0 Å². The monoisotopic (exact) mass is 501 g/mol. The van der Waals surface area contributed by atoms with Gasteiger partial charge in [-0.2, -0.15) is 18.3 Å². The standard InChI is InChI=1S/C21H24F5N7O2/c1-20(22,23)14-10-27-19(28-11-14)32-6-4-31(5-7-32)17(34)8-13-2-3-33(12-13)16-9-15(21(24,25)26)18(35)30-29-16/h9-11,13H,2-8,12H2,1H3,(H,30,35)/t13-/m0/s1. The third-order valence-electron chi connectivity index (χ3n) is 6.23. The van der Waals surface area contributed by atoms with E-state index < -0.39 is 23.2 Å². The van der Waals surface area contributed by atoms with E-state index in [4.69, 9.17) is 0 Å². The van der Waals surface area contributed by atoms with Crippen molar-refractivity contribution >= 4 is 17.7 Å². The van der Waals surface area contributed by atoms with Crippen LogP contribution in [0.25, 0.3) is 0 Å². The number of amides is 1. The van der Waals surface area contributed by atoms with E-state index in [2.05, 4.69) is 15.1 Å². The second kappa shape index (κ2) is 9.38. The average molecular weight is 501 g/mol. The van der Waals surface area contributed by atoms with Gasteiger partial charge in [-0.15, -0.1) is 0 Å². The molecule has 35 heavy (non-hydrogen) atoms. The van der Waals surface area contributed by atoms with Gasteiger partial charge in [0, 0.05) is 71.1 Å². The van der Waals surface area contributed by atoms with Crippen LogP contribution >= 0.6 is 0 Å². The van der Waals surface area contributed by atoms with E-state index in [-0.39, 0.29) is 29.6 Å². The fourth-order valence-electron chi connectivity index (χ4n) is 4.22. The Kier molecular flexibility index (Phi) is 6.64. The molecule has 2 aliphatic rings. The van der Waals surface area contributed by atoms with Crippen LogP contribution in [0.15, 0.2) is 23.3 Å². The molecule has 1 atom stereocenters. The summed E-state index contributed by atoms with van der Waals surface area (Å²) in [5.74, 6) is -2.80. The molecule has 0 aliphatic carbocycles. The van der Waals surface area contributed by atoms with Crippen LogP contribution in [0.1, 0.15) is 30.9 Å². The van der Waals surface area contributed by atoms with E-state index in [0.29, 0.717) is 51.6 Å². The molecule has 0 spiro atoms. The maximum absolute atomic E-state index is 13.3. The fourth-order valence-corrected chi connectivity index (χ4v) is 4.22. The zero-order chi connectivity index (χ0) is 25.4. The molecule has 4 heterocycles. The molecule has 2 aromatic rings. The Hall–Kier alpha value is -3.32. The van der Waals surface area contributed by atoms with Crippen molar-refractivity contribution in [1.29, 1.82) is 0 Å². The van der Waals surface area contributed by atoms with Gasteiger partial charge in [-0.1, -0.05) is 0 Å². The smallest absolute Gasteiger partial charge is 0.355 e. The molecular formula is C21H24F5N7O2. The Labute approximate surface area is 196 Å². The van der Waals surface area contributed by atoms with Crippen LogP contribution in [0, 0.1) is 5.92 Å². The van der Waals surface area contributed by atoms with Gasteiger partial charge in [0.2, 0.25) is 11.9 Å². The highest BCUT2D eigenvalue weighted by atomic mass is 19.4. The number of piperazine rings is 1. The molecule has 0 unspecified atom stereocenters. The minimum absolute atomic E-state index is 0.0207. The topological polar surface area (TPSA) is 98.3 Å². The van der Waals surface area contributed by atoms with Gasteiger partial charge in [-0.3, -0.25) is 9.59 Å². The highest BCUT2D eigenvalue weighted by molar-refractivity contribution is 5.77.